The number of nitrogens with zero attached hydrogens (tertiary/aromatic N) is 10. The van der Waals surface area contributed by atoms with Crippen LogP contribution in [0.25, 0.3) is 21.5 Å². The van der Waals surface area contributed by atoms with E-state index in [0.29, 0.717) is 36.4 Å². The van der Waals surface area contributed by atoms with Crippen LogP contribution < -0.4 is 221 Å². The van der Waals surface area contributed by atoms with Crippen LogP contribution in [-0.2, 0) is 60.7 Å². The average molecular weight is 1520 g/mol. The standard InChI is InChI=1S/C48H42N16O22S6.6Na/c65-15-13-49-43-55-45(59-47(57-43)53-31-21-27(87(69,70)71)17-23-19-35(91(81,82)83)39(41(67)37(23)31)63-61-29-5-1-3-7-33(29)89(75,76)77)51-25-9-11-26(12-10-25)52-46-56-44(50-14-16-66)58-48(60-46)54-32-22-28(88(72,73)74)18-24-20-36(92(84,85)86)40(42(68)38(24)32)64-62-30-6-2-4-8-34(30)90(78,79)80;;;;;;/h1-12,17-22,65-68H,13-16H2,(H,69,70,71)(H,72,73,74)(H,75,76,77)(H,78,79,80)(H,81,82,83)(H,84,85,86)(H3,49,51,53,55,57,59)(H3,50,52,54,56,58,60);;;;;;/q;6*+1/p-6. The third-order valence-corrected chi connectivity index (χ3v) is 17.2. The predicted molar refractivity (Wildman–Crippen MR) is 304 cm³/mol. The Labute approximate surface area is 685 Å². The van der Waals surface area contributed by atoms with Gasteiger partial charge in [0, 0.05) is 22.1 Å². The van der Waals surface area contributed by atoms with Gasteiger partial charge in [0.2, 0.25) is 34.4 Å². The second-order valence-electron chi connectivity index (χ2n) is 18.3. The molecule has 0 bridgehead atoms. The Kier molecular flexibility index (Phi) is 32.4. The van der Waals surface area contributed by atoms with E-state index in [1.807, 2.05) is 0 Å². The summed E-state index contributed by atoms with van der Waals surface area (Å²) in [6, 6.07) is 17.5. The molecule has 0 fully saturated rings. The fourth-order valence-electron chi connectivity index (χ4n) is 8.27. The zero-order valence-corrected chi connectivity index (χ0v) is 68.2. The number of aliphatic hydroxyl groups is 2. The summed E-state index contributed by atoms with van der Waals surface area (Å²) < 4.78 is 217. The molecule has 0 saturated carbocycles. The van der Waals surface area contributed by atoms with Gasteiger partial charge in [-0.15, -0.1) is 20.5 Å². The number of aromatic amines is 4. The minimum absolute atomic E-state index is 0. The summed E-state index contributed by atoms with van der Waals surface area (Å²) in [6.07, 6.45) is 0. The molecule has 2 aromatic heterocycles. The first-order valence-corrected chi connectivity index (χ1v) is 33.4. The molecule has 0 unspecified atom stereocenters. The van der Waals surface area contributed by atoms with Gasteiger partial charge in [-0.1, -0.05) is 35.8 Å². The van der Waals surface area contributed by atoms with Gasteiger partial charge in [0.15, 0.2) is 0 Å². The zero-order valence-electron chi connectivity index (χ0n) is 51.3. The largest absolute Gasteiger partial charge is 1.00 e. The van der Waals surface area contributed by atoms with Gasteiger partial charge in [-0.05, 0) is 95.7 Å². The second kappa shape index (κ2) is 36.0. The molecule has 0 aliphatic rings. The van der Waals surface area contributed by atoms with Gasteiger partial charge in [0.25, 0.3) is 20.2 Å². The summed E-state index contributed by atoms with van der Waals surface area (Å²) in [5.41, 5.74) is -6.22. The predicted octanol–water partition coefficient (Wildman–Crippen LogP) is -17.1. The Bertz CT molecular complexity index is 5290. The van der Waals surface area contributed by atoms with Crippen molar-refractivity contribution in [2.45, 2.75) is 29.4 Å². The van der Waals surface area contributed by atoms with Crippen molar-refractivity contribution in [3.63, 3.8) is 0 Å². The van der Waals surface area contributed by atoms with Crippen LogP contribution in [0, 0.1) is 0 Å². The summed E-state index contributed by atoms with van der Waals surface area (Å²) >= 11 is 0. The van der Waals surface area contributed by atoms with Gasteiger partial charge < -0.3 is 49.3 Å². The second-order valence-corrected chi connectivity index (χ2v) is 26.6. The average Bonchev–Trinajstić information content (AvgIpc) is 0.753. The molecule has 0 amide bonds. The van der Waals surface area contributed by atoms with E-state index in [4.69, 9.17) is 0 Å². The van der Waals surface area contributed by atoms with Crippen LogP contribution in [0.15, 0.2) is 179 Å². The summed E-state index contributed by atoms with van der Waals surface area (Å²) in [4.78, 5) is 29.3. The van der Waals surface area contributed by atoms with Crippen molar-refractivity contribution in [1.29, 1.82) is 0 Å². The number of azo groups is 2. The molecule has 0 radical (unpaired) electrons. The van der Waals surface area contributed by atoms with Crippen molar-refractivity contribution < 1.29 is 276 Å². The number of H-pyrrole nitrogens is 4. The molecule has 9 aromatic rings. The number of anilines is 4. The van der Waals surface area contributed by atoms with Gasteiger partial charge in [0.1, 0.15) is 61.6 Å². The van der Waals surface area contributed by atoms with E-state index in [9.17, 15) is 98.2 Å². The van der Waals surface area contributed by atoms with Crippen LogP contribution in [0.1, 0.15) is 0 Å². The Morgan fingerprint density at radius 2 is 0.755 bits per heavy atom. The first-order valence-electron chi connectivity index (χ1n) is 24.9. The quantitative estimate of drug-likeness (QED) is 0.0192. The fraction of sp³-hybridized carbons (Fsp3) is 0.0833. The topological polar surface area (TPSA) is 636 Å². The van der Waals surface area contributed by atoms with Gasteiger partial charge in [-0.2, -0.15) is 26.8 Å². The molecule has 2 heterocycles. The molecule has 10 N–H and O–H groups in total. The van der Waals surface area contributed by atoms with Crippen molar-refractivity contribution in [1.82, 2.24) is 29.9 Å². The third-order valence-electron chi connectivity index (χ3n) is 12.1. The molecule has 0 aliphatic carbocycles. The van der Waals surface area contributed by atoms with Crippen molar-refractivity contribution in [3.05, 3.63) is 132 Å². The van der Waals surface area contributed by atoms with E-state index < -0.39 is 182 Å². The fourth-order valence-corrected chi connectivity index (χ4v) is 11.9. The van der Waals surface area contributed by atoms with Crippen LogP contribution in [0.5, 0.6) is 11.5 Å². The van der Waals surface area contributed by atoms with Crippen molar-refractivity contribution in [3.8, 4) is 11.5 Å². The number of aliphatic hydroxyl groups excluding tert-OH is 2. The van der Waals surface area contributed by atoms with Gasteiger partial charge in [-0.25, -0.2) is 53.6 Å². The maximum atomic E-state index is 14.3. The van der Waals surface area contributed by atoms with Crippen LogP contribution in [0.4, 0.5) is 57.4 Å². The maximum absolute atomic E-state index is 14.3. The first-order chi connectivity index (χ1) is 43.1. The number of nitrogens with one attached hydrogen (secondary N) is 6. The Balaban J connectivity index is 0.00000417. The number of hydrogen-bond acceptors (Lipinski definition) is 32. The van der Waals surface area contributed by atoms with E-state index >= 15 is 0 Å². The van der Waals surface area contributed by atoms with Crippen molar-refractivity contribution >= 4 is 140 Å². The summed E-state index contributed by atoms with van der Waals surface area (Å²) in [6.45, 7) is -1.60. The molecule has 9 rings (SSSR count). The number of aromatic nitrogens is 6. The van der Waals surface area contributed by atoms with Crippen LogP contribution in [0.3, 0.4) is 0 Å². The first kappa shape index (κ1) is 88.3. The third kappa shape index (κ3) is 22.1. The van der Waals surface area contributed by atoms with Crippen molar-refractivity contribution in [2.24, 2.45) is 40.4 Å². The van der Waals surface area contributed by atoms with Crippen LogP contribution in [0.2, 0.25) is 0 Å². The molecule has 0 spiro atoms. The summed E-state index contributed by atoms with van der Waals surface area (Å²) in [5.74, 6) is -3.37. The molecule has 0 aliphatic heterocycles. The Hall–Kier alpha value is -3.94. The molecule has 50 heteroatoms. The van der Waals surface area contributed by atoms with Crippen LogP contribution in [-0.4, -0.2) is 144 Å². The van der Waals surface area contributed by atoms with E-state index in [1.165, 1.54) is 36.4 Å². The van der Waals surface area contributed by atoms with Crippen LogP contribution >= 0.6 is 0 Å². The monoisotopic (exact) mass is 1520 g/mol. The van der Waals surface area contributed by atoms with Gasteiger partial charge in [-0.3, -0.25) is 29.0 Å². The molecule has 98 heavy (non-hydrogen) atoms. The number of hydrogen-bond donors (Lipinski definition) is 10. The molecule has 0 atom stereocenters. The minimum Gasteiger partial charge on any atom is -0.870 e. The molecule has 482 valence electrons. The molecular weight excluding hydrogens is 1480 g/mol. The Morgan fingerprint density at radius 1 is 0.418 bits per heavy atom. The molecule has 0 saturated heterocycles. The van der Waals surface area contributed by atoms with E-state index in [2.05, 4.69) is 81.0 Å². The normalized spacial score (nSPS) is 12.9. The van der Waals surface area contributed by atoms with E-state index in [1.54, 1.807) is 0 Å². The summed E-state index contributed by atoms with van der Waals surface area (Å²) in [5, 5.41) is 65.3. The number of benzene rings is 7. The van der Waals surface area contributed by atoms with E-state index in [-0.39, 0.29) is 225 Å². The minimum atomic E-state index is -5.48. The van der Waals surface area contributed by atoms with Gasteiger partial charge >= 0.3 is 177 Å². The molecule has 7 aromatic carbocycles. The smallest absolute Gasteiger partial charge is 0.870 e. The SMILES string of the molecule is O=S(=O)([O-])c1cc(N=c2[nH]c(Nc3ccc(Nc4nc(=NCCO)[nH]c(=Nc5cc(S(=O)(=O)[O-])cc6cc(S(=O)(=O)O)c(N=Nc7ccccc7S(=O)(=O)[O-])c([O-])c56)[nH]4)cc3)nc(=NCCO)[nH]2)c2c([O-])c(N=Nc3ccccc3S(=O)(=O)[O-])c(S(=O)(=O)O)cc2c1.[Na+].[Na+].[Na+].[Na+].[Na+].[Na+]. The summed E-state index contributed by atoms with van der Waals surface area (Å²) in [7, 11) is -32.3. The zero-order chi connectivity index (χ0) is 66.9. The molecule has 38 nitrogen and oxygen atoms in total. The van der Waals surface area contributed by atoms with E-state index in [0.717, 1.165) is 36.4 Å². The molecular formula is C48H36N16Na6O22S6. The Morgan fingerprint density at radius 3 is 1.06 bits per heavy atom. The van der Waals surface area contributed by atoms with Gasteiger partial charge in [0.05, 0.1) is 68.6 Å². The number of rotatable bonds is 20. The maximum Gasteiger partial charge on any atom is 1.00 e. The number of fused-ring (bicyclic) bond motifs is 2. The van der Waals surface area contributed by atoms with Crippen molar-refractivity contribution in [2.75, 3.05) is 36.9 Å².